The van der Waals surface area contributed by atoms with Crippen LogP contribution >= 0.6 is 11.6 Å². The topological polar surface area (TPSA) is 70.3 Å². The van der Waals surface area contributed by atoms with E-state index in [1.807, 2.05) is 6.92 Å². The molecule has 0 aliphatic heterocycles. The Labute approximate surface area is 87.2 Å². The molecule has 1 aromatic rings. The second-order valence-electron chi connectivity index (χ2n) is 2.42. The number of nitrogens with two attached hydrogens (primary N) is 1. The number of anilines is 1. The molecule has 0 fully saturated rings. The second-order valence-corrected chi connectivity index (χ2v) is 2.80. The molecular formula is C8H12ClN3O2. The lowest BCUT2D eigenvalue weighted by molar-refractivity contribution is 0.108. The Morgan fingerprint density at radius 2 is 2.21 bits per heavy atom. The number of rotatable bonds is 5. The van der Waals surface area contributed by atoms with Crippen molar-refractivity contribution in [1.29, 1.82) is 0 Å². The molecule has 0 aromatic carbocycles. The van der Waals surface area contributed by atoms with E-state index in [0.29, 0.717) is 25.7 Å². The van der Waals surface area contributed by atoms with Gasteiger partial charge in [0.05, 0.1) is 6.61 Å². The Balaban J connectivity index is 2.46. The van der Waals surface area contributed by atoms with E-state index < -0.39 is 0 Å². The lowest BCUT2D eigenvalue weighted by atomic mass is 10.5. The van der Waals surface area contributed by atoms with Gasteiger partial charge in [-0.3, -0.25) is 0 Å². The van der Waals surface area contributed by atoms with Crippen molar-refractivity contribution >= 4 is 17.4 Å². The van der Waals surface area contributed by atoms with Gasteiger partial charge in [0.15, 0.2) is 0 Å². The molecule has 0 aliphatic carbocycles. The number of hydrogen-bond donors (Lipinski definition) is 1. The summed E-state index contributed by atoms with van der Waals surface area (Å²) in [6.07, 6.45) is 1.30. The predicted octanol–water partition coefficient (Wildman–Crippen LogP) is 1.13. The summed E-state index contributed by atoms with van der Waals surface area (Å²) < 4.78 is 10.3. The lowest BCUT2D eigenvalue weighted by Gasteiger charge is -2.06. The van der Waals surface area contributed by atoms with Crippen molar-refractivity contribution in [1.82, 2.24) is 9.97 Å². The van der Waals surface area contributed by atoms with Crippen LogP contribution in [0.15, 0.2) is 6.33 Å². The number of nitrogens with zero attached hydrogens (tertiary/aromatic N) is 2. The second kappa shape index (κ2) is 5.62. The molecule has 0 saturated carbocycles. The van der Waals surface area contributed by atoms with E-state index in [0.717, 1.165) is 0 Å². The van der Waals surface area contributed by atoms with Crippen LogP contribution in [-0.2, 0) is 4.74 Å². The summed E-state index contributed by atoms with van der Waals surface area (Å²) in [4.78, 5) is 7.54. The number of nitrogen functional groups attached to an aromatic ring is 1. The van der Waals surface area contributed by atoms with Crippen LogP contribution in [0, 0.1) is 0 Å². The number of hydrogen-bond acceptors (Lipinski definition) is 5. The van der Waals surface area contributed by atoms with Crippen LogP contribution in [0.25, 0.3) is 0 Å². The highest BCUT2D eigenvalue weighted by Gasteiger charge is 2.06. The van der Waals surface area contributed by atoms with Crippen molar-refractivity contribution in [3.63, 3.8) is 0 Å². The first-order chi connectivity index (χ1) is 6.75. The van der Waals surface area contributed by atoms with E-state index in [1.54, 1.807) is 0 Å². The Kier molecular flexibility index (Phi) is 4.42. The molecule has 78 valence electrons. The zero-order valence-corrected chi connectivity index (χ0v) is 8.62. The quantitative estimate of drug-likeness (QED) is 0.749. The van der Waals surface area contributed by atoms with Gasteiger partial charge >= 0.3 is 0 Å². The van der Waals surface area contributed by atoms with Crippen LogP contribution in [-0.4, -0.2) is 29.8 Å². The van der Waals surface area contributed by atoms with Gasteiger partial charge in [-0.1, -0.05) is 11.6 Å². The monoisotopic (exact) mass is 217 g/mol. The van der Waals surface area contributed by atoms with Gasteiger partial charge < -0.3 is 15.2 Å². The van der Waals surface area contributed by atoms with Gasteiger partial charge in [0.1, 0.15) is 23.8 Å². The highest BCUT2D eigenvalue weighted by atomic mass is 35.5. The lowest BCUT2D eigenvalue weighted by Crippen LogP contribution is -2.08. The fourth-order valence-corrected chi connectivity index (χ4v) is 0.961. The third kappa shape index (κ3) is 3.01. The summed E-state index contributed by atoms with van der Waals surface area (Å²) in [5, 5.41) is 0.240. The minimum absolute atomic E-state index is 0.216. The molecule has 0 amide bonds. The van der Waals surface area contributed by atoms with Gasteiger partial charge in [-0.15, -0.1) is 0 Å². The first-order valence-electron chi connectivity index (χ1n) is 4.22. The summed E-state index contributed by atoms with van der Waals surface area (Å²) in [6, 6.07) is 0. The van der Waals surface area contributed by atoms with Crippen molar-refractivity contribution in [3.05, 3.63) is 11.3 Å². The molecule has 0 unspecified atom stereocenters. The highest BCUT2D eigenvalue weighted by molar-refractivity contribution is 6.33. The Morgan fingerprint density at radius 1 is 1.43 bits per heavy atom. The molecule has 0 radical (unpaired) electrons. The smallest absolute Gasteiger partial charge is 0.238 e. The SMILES string of the molecule is CCOCCOc1ncnc(N)c1Cl. The van der Waals surface area contributed by atoms with Crippen LogP contribution < -0.4 is 10.5 Å². The predicted molar refractivity (Wildman–Crippen MR) is 53.4 cm³/mol. The van der Waals surface area contributed by atoms with E-state index >= 15 is 0 Å². The molecule has 2 N–H and O–H groups in total. The van der Waals surface area contributed by atoms with Crippen molar-refractivity contribution in [3.8, 4) is 5.88 Å². The minimum Gasteiger partial charge on any atom is -0.474 e. The van der Waals surface area contributed by atoms with Crippen LogP contribution in [0.1, 0.15) is 6.92 Å². The van der Waals surface area contributed by atoms with E-state index in [1.165, 1.54) is 6.33 Å². The van der Waals surface area contributed by atoms with Gasteiger partial charge in [0.25, 0.3) is 0 Å². The largest absolute Gasteiger partial charge is 0.474 e. The fraction of sp³-hybridized carbons (Fsp3) is 0.500. The van der Waals surface area contributed by atoms with Crippen LogP contribution in [0.4, 0.5) is 5.82 Å². The zero-order valence-electron chi connectivity index (χ0n) is 7.86. The molecule has 14 heavy (non-hydrogen) atoms. The van der Waals surface area contributed by atoms with Crippen molar-refractivity contribution < 1.29 is 9.47 Å². The van der Waals surface area contributed by atoms with Crippen molar-refractivity contribution in [2.45, 2.75) is 6.92 Å². The molecule has 1 aromatic heterocycles. The zero-order chi connectivity index (χ0) is 10.4. The van der Waals surface area contributed by atoms with E-state index in [2.05, 4.69) is 9.97 Å². The molecule has 0 saturated heterocycles. The van der Waals surface area contributed by atoms with Crippen molar-refractivity contribution in [2.75, 3.05) is 25.6 Å². The fourth-order valence-electron chi connectivity index (χ4n) is 0.809. The molecule has 0 bridgehead atoms. The van der Waals surface area contributed by atoms with E-state index in [-0.39, 0.29) is 10.8 Å². The molecule has 0 spiro atoms. The average molecular weight is 218 g/mol. The highest BCUT2D eigenvalue weighted by Crippen LogP contribution is 2.24. The Bertz CT molecular complexity index is 296. The van der Waals surface area contributed by atoms with Crippen LogP contribution in [0.3, 0.4) is 0 Å². The van der Waals surface area contributed by atoms with Gasteiger partial charge in [0.2, 0.25) is 5.88 Å². The summed E-state index contributed by atoms with van der Waals surface area (Å²) in [7, 11) is 0. The molecule has 0 atom stereocenters. The van der Waals surface area contributed by atoms with E-state index in [9.17, 15) is 0 Å². The third-order valence-corrected chi connectivity index (χ3v) is 1.81. The summed E-state index contributed by atoms with van der Waals surface area (Å²) in [6.45, 7) is 3.46. The normalized spacial score (nSPS) is 10.1. The Hall–Kier alpha value is -1.07. The van der Waals surface area contributed by atoms with Gasteiger partial charge in [-0.05, 0) is 6.92 Å². The maximum atomic E-state index is 5.79. The van der Waals surface area contributed by atoms with Crippen LogP contribution in [0.2, 0.25) is 5.02 Å². The van der Waals surface area contributed by atoms with Crippen LogP contribution in [0.5, 0.6) is 5.88 Å². The molecule has 0 aliphatic rings. The Morgan fingerprint density at radius 3 is 2.93 bits per heavy atom. The first kappa shape index (κ1) is 11.0. The van der Waals surface area contributed by atoms with Gasteiger partial charge in [-0.2, -0.15) is 0 Å². The molecule has 1 heterocycles. The minimum atomic E-state index is 0.216. The first-order valence-corrected chi connectivity index (χ1v) is 4.60. The standard InChI is InChI=1S/C8H12ClN3O2/c1-2-13-3-4-14-8-6(9)7(10)11-5-12-8/h5H,2-4H2,1H3,(H2,10,11,12). The number of aromatic nitrogens is 2. The average Bonchev–Trinajstić information content (AvgIpc) is 2.19. The molecule has 5 nitrogen and oxygen atoms in total. The maximum absolute atomic E-state index is 5.79. The number of halogens is 1. The molecular weight excluding hydrogens is 206 g/mol. The summed E-state index contributed by atoms with van der Waals surface area (Å²) >= 11 is 5.79. The van der Waals surface area contributed by atoms with Crippen molar-refractivity contribution in [2.24, 2.45) is 0 Å². The third-order valence-electron chi connectivity index (χ3n) is 1.46. The van der Waals surface area contributed by atoms with E-state index in [4.69, 9.17) is 26.8 Å². The summed E-state index contributed by atoms with van der Waals surface area (Å²) in [5.41, 5.74) is 5.46. The molecule has 6 heteroatoms. The number of ether oxygens (including phenoxy) is 2. The maximum Gasteiger partial charge on any atom is 0.238 e. The molecule has 1 rings (SSSR count). The van der Waals surface area contributed by atoms with Gasteiger partial charge in [-0.25, -0.2) is 9.97 Å². The van der Waals surface area contributed by atoms with Gasteiger partial charge in [0, 0.05) is 6.61 Å². The summed E-state index contributed by atoms with van der Waals surface area (Å²) in [5.74, 6) is 0.506.